The van der Waals surface area contributed by atoms with Crippen molar-refractivity contribution in [2.75, 3.05) is 36.2 Å². The summed E-state index contributed by atoms with van der Waals surface area (Å²) in [4.78, 5) is 39.3. The van der Waals surface area contributed by atoms with Crippen LogP contribution in [0.4, 0.5) is 26.2 Å². The van der Waals surface area contributed by atoms with Gasteiger partial charge in [0.1, 0.15) is 41.6 Å². The third-order valence-corrected chi connectivity index (χ3v) is 6.99. The Morgan fingerprint density at radius 3 is 2.41 bits per heavy atom. The predicted octanol–water partition coefficient (Wildman–Crippen LogP) is 6.02. The maximum absolute atomic E-state index is 14.1. The fraction of sp³-hybridized carbons (Fsp3) is 0.364. The molecule has 1 heterocycles. The van der Waals surface area contributed by atoms with E-state index in [1.807, 2.05) is 32.9 Å². The first-order chi connectivity index (χ1) is 20.6. The summed E-state index contributed by atoms with van der Waals surface area (Å²) in [6.07, 6.45) is -0.697. The number of hydrogen-bond acceptors (Lipinski definition) is 7. The van der Waals surface area contributed by atoms with Crippen LogP contribution in [0.2, 0.25) is 0 Å². The quantitative estimate of drug-likeness (QED) is 0.287. The Bertz CT molecular complexity index is 1600. The van der Waals surface area contributed by atoms with Crippen molar-refractivity contribution in [3.63, 3.8) is 0 Å². The Morgan fingerprint density at radius 2 is 1.73 bits per heavy atom. The van der Waals surface area contributed by atoms with Crippen LogP contribution in [-0.4, -0.2) is 49.7 Å². The van der Waals surface area contributed by atoms with Crippen LogP contribution in [0.15, 0.2) is 48.5 Å². The van der Waals surface area contributed by atoms with Gasteiger partial charge in [0.05, 0.1) is 18.5 Å². The number of fused-ring (bicyclic) bond motifs is 1. The van der Waals surface area contributed by atoms with Crippen molar-refractivity contribution in [1.82, 2.24) is 5.32 Å². The second-order valence-corrected chi connectivity index (χ2v) is 12.1. The van der Waals surface area contributed by atoms with Gasteiger partial charge in [-0.05, 0) is 76.9 Å². The van der Waals surface area contributed by atoms with Crippen molar-refractivity contribution in [2.45, 2.75) is 59.3 Å². The molecule has 11 heteroatoms. The van der Waals surface area contributed by atoms with E-state index in [1.165, 1.54) is 19.2 Å². The van der Waals surface area contributed by atoms with Crippen LogP contribution in [-0.2, 0) is 20.9 Å². The van der Waals surface area contributed by atoms with Gasteiger partial charge in [0.2, 0.25) is 5.91 Å². The molecule has 3 aromatic carbocycles. The van der Waals surface area contributed by atoms with E-state index in [0.717, 1.165) is 16.8 Å². The molecular weight excluding hydrogens is 567 g/mol. The normalized spacial score (nSPS) is 13.8. The van der Waals surface area contributed by atoms with Gasteiger partial charge >= 0.3 is 6.09 Å². The lowest BCUT2D eigenvalue weighted by Crippen LogP contribution is -2.52. The van der Waals surface area contributed by atoms with Crippen LogP contribution in [0, 0.1) is 12.7 Å². The Labute approximate surface area is 256 Å². The van der Waals surface area contributed by atoms with Crippen molar-refractivity contribution in [3.8, 4) is 22.6 Å². The second-order valence-electron chi connectivity index (χ2n) is 12.1. The van der Waals surface area contributed by atoms with Crippen LogP contribution >= 0.6 is 0 Å². The third kappa shape index (κ3) is 7.21. The van der Waals surface area contributed by atoms with Crippen molar-refractivity contribution in [3.05, 3.63) is 65.5 Å². The first-order valence-electron chi connectivity index (χ1n) is 14.2. The summed E-state index contributed by atoms with van der Waals surface area (Å²) in [5.74, 6) is -0.166. The number of amides is 3. The van der Waals surface area contributed by atoms with Crippen LogP contribution in [0.3, 0.4) is 0 Å². The summed E-state index contributed by atoms with van der Waals surface area (Å²) >= 11 is 0. The minimum absolute atomic E-state index is 0.0283. The molecule has 1 aliphatic heterocycles. The summed E-state index contributed by atoms with van der Waals surface area (Å²) in [6.45, 7) is 10.4. The zero-order valence-corrected chi connectivity index (χ0v) is 26.3. The Morgan fingerprint density at radius 1 is 1.02 bits per heavy atom. The molecule has 10 nitrogen and oxygen atoms in total. The van der Waals surface area contributed by atoms with E-state index in [-0.39, 0.29) is 19.1 Å². The number of hydrogen-bond donors (Lipinski definition) is 3. The summed E-state index contributed by atoms with van der Waals surface area (Å²) in [5, 5.41) is 8.50. The summed E-state index contributed by atoms with van der Waals surface area (Å²) < 4.78 is 31.1. The molecule has 0 spiro atoms. The third-order valence-electron chi connectivity index (χ3n) is 6.99. The average molecular weight is 607 g/mol. The Hall–Kier alpha value is -4.80. The number of rotatable bonds is 8. The molecule has 3 amide bonds. The van der Waals surface area contributed by atoms with Gasteiger partial charge in [0, 0.05) is 36.0 Å². The number of nitrogens with one attached hydrogen (secondary N) is 3. The van der Waals surface area contributed by atoms with Crippen LogP contribution in [0.1, 0.15) is 45.7 Å². The van der Waals surface area contributed by atoms with Gasteiger partial charge < -0.3 is 35.1 Å². The van der Waals surface area contributed by atoms with E-state index in [0.29, 0.717) is 34.0 Å². The number of anilines is 3. The number of halogens is 1. The number of aryl methyl sites for hydroxylation is 1. The number of ether oxygens (including phenoxy) is 3. The van der Waals surface area contributed by atoms with Gasteiger partial charge in [-0.2, -0.15) is 0 Å². The van der Waals surface area contributed by atoms with Gasteiger partial charge in [0.25, 0.3) is 5.91 Å². The van der Waals surface area contributed by atoms with Gasteiger partial charge in [-0.3, -0.25) is 9.59 Å². The SMILES string of the molecule is COc1cc(NC(=O)CNC(=O)OC(C)(C)C)ccc1-c1ccc2c(c1COc1cc(F)ccc1C)N(C)C(=O)C(C)(C)N2. The molecule has 0 saturated heterocycles. The monoisotopic (exact) mass is 606 g/mol. The maximum atomic E-state index is 14.1. The zero-order chi connectivity index (χ0) is 32.4. The smallest absolute Gasteiger partial charge is 0.408 e. The molecule has 4 rings (SSSR count). The highest BCUT2D eigenvalue weighted by molar-refractivity contribution is 6.09. The predicted molar refractivity (Wildman–Crippen MR) is 168 cm³/mol. The van der Waals surface area contributed by atoms with E-state index < -0.39 is 29.0 Å². The molecule has 0 unspecified atom stereocenters. The van der Waals surface area contributed by atoms with Gasteiger partial charge in [0.15, 0.2) is 0 Å². The number of methoxy groups -OCH3 is 1. The molecule has 234 valence electrons. The van der Waals surface area contributed by atoms with Gasteiger partial charge in [-0.15, -0.1) is 0 Å². The molecule has 0 bridgehead atoms. The molecule has 0 aliphatic carbocycles. The lowest BCUT2D eigenvalue weighted by Gasteiger charge is -2.39. The largest absolute Gasteiger partial charge is 0.496 e. The minimum atomic E-state index is -0.823. The summed E-state index contributed by atoms with van der Waals surface area (Å²) in [7, 11) is 3.23. The molecule has 0 aromatic heterocycles. The van der Waals surface area contributed by atoms with Crippen LogP contribution in [0.5, 0.6) is 11.5 Å². The average Bonchev–Trinajstić information content (AvgIpc) is 2.94. The highest BCUT2D eigenvalue weighted by Crippen LogP contribution is 2.45. The fourth-order valence-electron chi connectivity index (χ4n) is 4.97. The molecule has 44 heavy (non-hydrogen) atoms. The van der Waals surface area contributed by atoms with E-state index >= 15 is 0 Å². The molecule has 0 atom stereocenters. The lowest BCUT2D eigenvalue weighted by molar-refractivity contribution is -0.121. The number of carbonyl (C=O) groups is 3. The molecule has 0 saturated carbocycles. The fourth-order valence-corrected chi connectivity index (χ4v) is 4.97. The highest BCUT2D eigenvalue weighted by atomic mass is 19.1. The number of likely N-dealkylation sites (N-methyl/N-ethyl adjacent to an activating group) is 1. The number of benzene rings is 3. The molecule has 0 fully saturated rings. The Kier molecular flexibility index (Phi) is 9.08. The van der Waals surface area contributed by atoms with E-state index in [4.69, 9.17) is 14.2 Å². The van der Waals surface area contributed by atoms with E-state index in [2.05, 4.69) is 16.0 Å². The lowest BCUT2D eigenvalue weighted by atomic mass is 9.91. The Balaban J connectivity index is 1.68. The second kappa shape index (κ2) is 12.4. The number of carbonyl (C=O) groups excluding carboxylic acids is 3. The summed E-state index contributed by atoms with van der Waals surface area (Å²) in [5.41, 5.74) is 3.17. The zero-order valence-electron chi connectivity index (χ0n) is 26.3. The number of alkyl carbamates (subject to hydrolysis) is 1. The number of nitrogens with zero attached hydrogens (tertiary/aromatic N) is 1. The van der Waals surface area contributed by atoms with E-state index in [9.17, 15) is 18.8 Å². The first-order valence-corrected chi connectivity index (χ1v) is 14.2. The molecule has 3 aromatic rings. The van der Waals surface area contributed by atoms with Crippen molar-refractivity contribution >= 4 is 35.0 Å². The molecule has 0 radical (unpaired) electrons. The molecule has 3 N–H and O–H groups in total. The summed E-state index contributed by atoms with van der Waals surface area (Å²) in [6, 6.07) is 13.3. The topological polar surface area (TPSA) is 118 Å². The maximum Gasteiger partial charge on any atom is 0.408 e. The van der Waals surface area contributed by atoms with Crippen LogP contribution in [0.25, 0.3) is 11.1 Å². The van der Waals surface area contributed by atoms with Crippen molar-refractivity contribution < 1.29 is 33.0 Å². The van der Waals surface area contributed by atoms with E-state index in [1.54, 1.807) is 57.0 Å². The highest BCUT2D eigenvalue weighted by Gasteiger charge is 2.38. The molecular formula is C33H39FN4O6. The van der Waals surface area contributed by atoms with Gasteiger partial charge in [-0.25, -0.2) is 9.18 Å². The first kappa shape index (κ1) is 32.1. The standard InChI is InChI=1S/C33H39FN4O6/c1-19-9-10-20(34)15-26(19)43-18-24-22(13-14-25-29(24)38(7)30(40)33(5,6)37-25)23-12-11-21(16-27(23)42-8)36-28(39)17-35-31(41)44-32(2,3)4/h9-16,37H,17-18H2,1-8H3,(H,35,41)(H,36,39). The minimum Gasteiger partial charge on any atom is -0.496 e. The van der Waals surface area contributed by atoms with Crippen molar-refractivity contribution in [1.29, 1.82) is 0 Å². The molecule has 1 aliphatic rings. The van der Waals surface area contributed by atoms with Gasteiger partial charge in [-0.1, -0.05) is 12.1 Å². The van der Waals surface area contributed by atoms with Crippen LogP contribution < -0.4 is 30.3 Å². The van der Waals surface area contributed by atoms with Crippen molar-refractivity contribution in [2.24, 2.45) is 0 Å².